The number of hydrogen-bond donors (Lipinski definition) is 0. The van der Waals surface area contributed by atoms with Crippen molar-refractivity contribution >= 4 is 35.1 Å². The summed E-state index contributed by atoms with van der Waals surface area (Å²) in [7, 11) is 1.94. The molecule has 0 radical (unpaired) electrons. The number of ether oxygens (including phenoxy) is 1. The van der Waals surface area contributed by atoms with Crippen molar-refractivity contribution in [2.45, 2.75) is 19.3 Å². The maximum absolute atomic E-state index is 12.4. The van der Waals surface area contributed by atoms with E-state index in [4.69, 9.17) is 16.3 Å². The molecule has 1 aliphatic rings. The first-order chi connectivity index (χ1) is 13.3. The first-order valence-corrected chi connectivity index (χ1v) is 9.35. The molecule has 0 aromatic heterocycles. The van der Waals surface area contributed by atoms with Crippen LogP contribution >= 0.6 is 11.6 Å². The number of allylic oxidation sites excluding steroid dienone is 1. The van der Waals surface area contributed by atoms with Crippen LogP contribution in [0.5, 0.6) is 0 Å². The van der Waals surface area contributed by atoms with Crippen molar-refractivity contribution in [2.24, 2.45) is 0 Å². The Balaban J connectivity index is 1.62. The Labute approximate surface area is 170 Å². The Morgan fingerprint density at radius 3 is 2.46 bits per heavy atom. The predicted molar refractivity (Wildman–Crippen MR) is 112 cm³/mol. The molecule has 1 aliphatic heterocycles. The van der Waals surface area contributed by atoms with Crippen molar-refractivity contribution in [1.82, 2.24) is 0 Å². The van der Waals surface area contributed by atoms with Gasteiger partial charge in [0.05, 0.1) is 0 Å². The van der Waals surface area contributed by atoms with Gasteiger partial charge in [-0.05, 0) is 35.4 Å². The summed E-state index contributed by atoms with van der Waals surface area (Å²) in [5, 5.41) is 0.625. The average Bonchev–Trinajstić information content (AvgIpc) is 2.87. The average molecular weight is 396 g/mol. The summed E-state index contributed by atoms with van der Waals surface area (Å²) in [6.07, 6.45) is 4.48. The Kier molecular flexibility index (Phi) is 5.71. The van der Waals surface area contributed by atoms with Gasteiger partial charge in [0.15, 0.2) is 12.4 Å². The molecule has 0 saturated carbocycles. The third kappa shape index (κ3) is 4.18. The standard InChI is InChI=1S/C23H22ClNO3/c1-23(2)19-6-4-5-7-20(19)25(3)21(23)14-18(26)15-28-22(27)13-10-16-8-11-17(24)12-9-16/h4-14H,15H2,1-3H3/b13-10+,21-14?. The Morgan fingerprint density at radius 2 is 1.79 bits per heavy atom. The van der Waals surface area contributed by atoms with Crippen LogP contribution in [-0.4, -0.2) is 25.4 Å². The maximum atomic E-state index is 12.4. The number of rotatable bonds is 5. The lowest BCUT2D eigenvalue weighted by molar-refractivity contribution is -0.141. The van der Waals surface area contributed by atoms with E-state index >= 15 is 0 Å². The fourth-order valence-corrected chi connectivity index (χ4v) is 3.51. The molecule has 0 bridgehead atoms. The fourth-order valence-electron chi connectivity index (χ4n) is 3.38. The molecule has 5 heteroatoms. The van der Waals surface area contributed by atoms with Crippen molar-refractivity contribution in [1.29, 1.82) is 0 Å². The van der Waals surface area contributed by atoms with Crippen LogP contribution < -0.4 is 4.90 Å². The quantitative estimate of drug-likeness (QED) is 0.540. The summed E-state index contributed by atoms with van der Waals surface area (Å²) < 4.78 is 5.08. The lowest BCUT2D eigenvalue weighted by Crippen LogP contribution is -2.25. The number of hydrogen-bond acceptors (Lipinski definition) is 4. The van der Waals surface area contributed by atoms with Crippen LogP contribution in [0.4, 0.5) is 5.69 Å². The summed E-state index contributed by atoms with van der Waals surface area (Å²) in [6.45, 7) is 3.86. The monoisotopic (exact) mass is 395 g/mol. The minimum Gasteiger partial charge on any atom is -0.454 e. The van der Waals surface area contributed by atoms with Gasteiger partial charge in [-0.15, -0.1) is 0 Å². The number of anilines is 1. The maximum Gasteiger partial charge on any atom is 0.331 e. The number of carbonyl (C=O) groups is 2. The van der Waals surface area contributed by atoms with Gasteiger partial charge in [-0.25, -0.2) is 4.79 Å². The molecule has 0 spiro atoms. The zero-order valence-corrected chi connectivity index (χ0v) is 16.9. The van der Waals surface area contributed by atoms with E-state index in [1.165, 1.54) is 11.6 Å². The Hall–Kier alpha value is -2.85. The zero-order valence-electron chi connectivity index (χ0n) is 16.1. The number of nitrogens with zero attached hydrogens (tertiary/aromatic N) is 1. The van der Waals surface area contributed by atoms with E-state index in [1.807, 2.05) is 30.1 Å². The van der Waals surface area contributed by atoms with Crippen LogP contribution in [0.25, 0.3) is 6.08 Å². The van der Waals surface area contributed by atoms with E-state index < -0.39 is 5.97 Å². The molecule has 0 N–H and O–H groups in total. The highest BCUT2D eigenvalue weighted by Gasteiger charge is 2.38. The largest absolute Gasteiger partial charge is 0.454 e. The molecule has 0 fully saturated rings. The lowest BCUT2D eigenvalue weighted by atomic mass is 9.83. The molecule has 4 nitrogen and oxygen atoms in total. The van der Waals surface area contributed by atoms with Crippen molar-refractivity contribution in [3.05, 3.63) is 82.5 Å². The summed E-state index contributed by atoms with van der Waals surface area (Å²) in [4.78, 5) is 26.3. The molecule has 0 amide bonds. The van der Waals surface area contributed by atoms with Gasteiger partial charge >= 0.3 is 5.97 Å². The SMILES string of the molecule is CN1C(=CC(=O)COC(=O)/C=C/c2ccc(Cl)cc2)C(C)(C)c2ccccc21. The van der Waals surface area contributed by atoms with Gasteiger partial charge in [0, 0.05) is 41.0 Å². The minimum absolute atomic E-state index is 0.254. The molecular formula is C23H22ClNO3. The van der Waals surface area contributed by atoms with Crippen LogP contribution in [0.1, 0.15) is 25.0 Å². The molecule has 3 rings (SSSR count). The number of halogens is 1. The topological polar surface area (TPSA) is 46.6 Å². The fraction of sp³-hybridized carbons (Fsp3) is 0.217. The smallest absolute Gasteiger partial charge is 0.331 e. The summed E-state index contributed by atoms with van der Waals surface area (Å²) in [5.74, 6) is -0.819. The van der Waals surface area contributed by atoms with Gasteiger partial charge in [0.25, 0.3) is 0 Å². The van der Waals surface area contributed by atoms with Gasteiger partial charge in [-0.2, -0.15) is 0 Å². The molecular weight excluding hydrogens is 374 g/mol. The third-order valence-electron chi connectivity index (χ3n) is 4.88. The first kappa shape index (κ1) is 19.9. The second kappa shape index (κ2) is 8.03. The highest BCUT2D eigenvalue weighted by molar-refractivity contribution is 6.30. The molecule has 2 aromatic rings. The van der Waals surface area contributed by atoms with Crippen LogP contribution in [0.15, 0.2) is 66.4 Å². The van der Waals surface area contributed by atoms with Crippen molar-refractivity contribution in [3.63, 3.8) is 0 Å². The van der Waals surface area contributed by atoms with Gasteiger partial charge in [0.1, 0.15) is 0 Å². The van der Waals surface area contributed by atoms with E-state index in [0.717, 1.165) is 16.9 Å². The van der Waals surface area contributed by atoms with Gasteiger partial charge in [-0.1, -0.05) is 55.8 Å². The lowest BCUT2D eigenvalue weighted by Gasteiger charge is -2.23. The van der Waals surface area contributed by atoms with E-state index in [2.05, 4.69) is 19.9 Å². The van der Waals surface area contributed by atoms with Crippen molar-refractivity contribution in [2.75, 3.05) is 18.6 Å². The van der Waals surface area contributed by atoms with Gasteiger partial charge in [0.2, 0.25) is 0 Å². The molecule has 28 heavy (non-hydrogen) atoms. The van der Waals surface area contributed by atoms with Crippen molar-refractivity contribution < 1.29 is 14.3 Å². The molecule has 0 atom stereocenters. The normalized spacial score (nSPS) is 16.4. The van der Waals surface area contributed by atoms with Crippen LogP contribution in [-0.2, 0) is 19.7 Å². The second-order valence-electron chi connectivity index (χ2n) is 7.19. The number of para-hydroxylation sites is 1. The molecule has 0 unspecified atom stereocenters. The first-order valence-electron chi connectivity index (χ1n) is 8.97. The predicted octanol–water partition coefficient (Wildman–Crippen LogP) is 4.78. The van der Waals surface area contributed by atoms with Gasteiger partial charge < -0.3 is 9.64 Å². The second-order valence-corrected chi connectivity index (χ2v) is 7.63. The number of fused-ring (bicyclic) bond motifs is 1. The molecule has 1 heterocycles. The van der Waals surface area contributed by atoms with E-state index in [1.54, 1.807) is 36.4 Å². The summed E-state index contributed by atoms with van der Waals surface area (Å²) >= 11 is 5.83. The molecule has 2 aromatic carbocycles. The number of esters is 1. The van der Waals surface area contributed by atoms with E-state index in [9.17, 15) is 9.59 Å². The Morgan fingerprint density at radius 1 is 1.11 bits per heavy atom. The van der Waals surface area contributed by atoms with Crippen LogP contribution in [0.2, 0.25) is 5.02 Å². The Bertz CT molecular complexity index is 958. The highest BCUT2D eigenvalue weighted by Crippen LogP contribution is 2.46. The minimum atomic E-state index is -0.566. The number of likely N-dealkylation sites (N-methyl/N-ethyl adjacent to an activating group) is 1. The zero-order chi connectivity index (χ0) is 20.3. The molecule has 0 saturated heterocycles. The van der Waals surface area contributed by atoms with Crippen LogP contribution in [0, 0.1) is 0 Å². The summed E-state index contributed by atoms with van der Waals surface area (Å²) in [5.41, 5.74) is 3.65. The highest BCUT2D eigenvalue weighted by atomic mass is 35.5. The third-order valence-corrected chi connectivity index (χ3v) is 5.13. The molecule has 0 aliphatic carbocycles. The van der Waals surface area contributed by atoms with E-state index in [0.29, 0.717) is 5.02 Å². The van der Waals surface area contributed by atoms with E-state index in [-0.39, 0.29) is 17.8 Å². The summed E-state index contributed by atoms with van der Waals surface area (Å²) in [6, 6.07) is 15.1. The number of carbonyl (C=O) groups excluding carboxylic acids is 2. The molecule has 144 valence electrons. The van der Waals surface area contributed by atoms with Gasteiger partial charge in [-0.3, -0.25) is 4.79 Å². The number of ketones is 1. The van der Waals surface area contributed by atoms with Crippen molar-refractivity contribution in [3.8, 4) is 0 Å². The van der Waals surface area contributed by atoms with Crippen LogP contribution in [0.3, 0.4) is 0 Å². The number of benzene rings is 2.